The zero-order valence-electron chi connectivity index (χ0n) is 18.0. The molecule has 0 unspecified atom stereocenters. The van der Waals surface area contributed by atoms with E-state index >= 15 is 0 Å². The molecule has 1 aliphatic heterocycles. The number of halogens is 2. The molecule has 8 heteroatoms. The van der Waals surface area contributed by atoms with E-state index in [1.54, 1.807) is 35.2 Å². The summed E-state index contributed by atoms with van der Waals surface area (Å²) in [6.07, 6.45) is 1.38. The summed E-state index contributed by atoms with van der Waals surface area (Å²) in [5, 5.41) is 0. The highest BCUT2D eigenvalue weighted by Crippen LogP contribution is 2.17. The Balaban J connectivity index is 1.48. The summed E-state index contributed by atoms with van der Waals surface area (Å²) in [5.74, 6) is -0.377. The minimum absolute atomic E-state index is 0.146. The molecule has 1 aromatic heterocycles. The number of benzene rings is 2. The van der Waals surface area contributed by atoms with Crippen molar-refractivity contribution in [2.24, 2.45) is 0 Å². The Bertz CT molecular complexity index is 1050. The van der Waals surface area contributed by atoms with E-state index in [1.165, 1.54) is 24.5 Å². The quantitative estimate of drug-likeness (QED) is 0.563. The molecular weight excluding hydrogens is 414 g/mol. The zero-order chi connectivity index (χ0) is 22.5. The molecule has 1 saturated heterocycles. The third kappa shape index (κ3) is 5.57. The molecule has 32 heavy (non-hydrogen) atoms. The van der Waals surface area contributed by atoms with E-state index in [-0.39, 0.29) is 29.8 Å². The fourth-order valence-electron chi connectivity index (χ4n) is 3.73. The minimum Gasteiger partial charge on any atom is -0.447 e. The summed E-state index contributed by atoms with van der Waals surface area (Å²) in [5.41, 5.74) is 1.69. The highest BCUT2D eigenvalue weighted by molar-refractivity contribution is 5.92. The molecule has 4 rings (SSSR count). The van der Waals surface area contributed by atoms with Crippen LogP contribution in [-0.4, -0.2) is 58.8 Å². The molecule has 168 valence electrons. The summed E-state index contributed by atoms with van der Waals surface area (Å²) >= 11 is 0. The fourth-order valence-corrected chi connectivity index (χ4v) is 3.73. The summed E-state index contributed by atoms with van der Waals surface area (Å²) in [4.78, 5) is 23.0. The fraction of sp³-hybridized carbons (Fsp3) is 0.333. The molecule has 0 bridgehead atoms. The lowest BCUT2D eigenvalue weighted by Gasteiger charge is -2.31. The van der Waals surface area contributed by atoms with Crippen LogP contribution >= 0.6 is 0 Å². The van der Waals surface area contributed by atoms with E-state index in [1.807, 2.05) is 11.9 Å². The number of piperazine rings is 1. The zero-order valence-corrected chi connectivity index (χ0v) is 18.0. The lowest BCUT2D eigenvalue weighted by molar-refractivity contribution is 0.0658. The van der Waals surface area contributed by atoms with Crippen molar-refractivity contribution in [1.29, 1.82) is 0 Å². The molecule has 2 aromatic carbocycles. The topological polar surface area (TPSA) is 52.8 Å². The van der Waals surface area contributed by atoms with Crippen molar-refractivity contribution in [3.05, 3.63) is 89.1 Å². The third-order valence-corrected chi connectivity index (χ3v) is 5.59. The molecule has 1 fully saturated rings. The van der Waals surface area contributed by atoms with Gasteiger partial charge in [0.25, 0.3) is 5.91 Å². The van der Waals surface area contributed by atoms with Crippen LogP contribution in [0.3, 0.4) is 0 Å². The van der Waals surface area contributed by atoms with E-state index in [4.69, 9.17) is 4.42 Å². The van der Waals surface area contributed by atoms with Crippen LogP contribution in [0.25, 0.3) is 0 Å². The smallest absolute Gasteiger partial charge is 0.275 e. The molecule has 1 amide bonds. The Kier molecular flexibility index (Phi) is 6.92. The maximum absolute atomic E-state index is 14.3. The Hall–Kier alpha value is -3.10. The van der Waals surface area contributed by atoms with Gasteiger partial charge in [0.05, 0.1) is 6.54 Å². The number of oxazole rings is 1. The first-order valence-electron chi connectivity index (χ1n) is 10.6. The summed E-state index contributed by atoms with van der Waals surface area (Å²) < 4.78 is 33.1. The number of carbonyl (C=O) groups is 1. The van der Waals surface area contributed by atoms with Crippen LogP contribution in [0.1, 0.15) is 27.5 Å². The summed E-state index contributed by atoms with van der Waals surface area (Å²) in [6.45, 7) is 3.99. The highest BCUT2D eigenvalue weighted by Gasteiger charge is 2.23. The molecule has 2 heterocycles. The molecule has 0 N–H and O–H groups in total. The average molecular weight is 440 g/mol. The largest absolute Gasteiger partial charge is 0.447 e. The van der Waals surface area contributed by atoms with Crippen LogP contribution in [0.2, 0.25) is 0 Å². The molecule has 0 atom stereocenters. The van der Waals surface area contributed by atoms with Crippen molar-refractivity contribution in [3.8, 4) is 0 Å². The van der Waals surface area contributed by atoms with Crippen LogP contribution in [0.15, 0.2) is 59.2 Å². The number of aromatic nitrogens is 1. The molecule has 6 nitrogen and oxygen atoms in total. The number of likely N-dealkylation sites (N-methyl/N-ethyl adjacent to an activating group) is 1. The highest BCUT2D eigenvalue weighted by atomic mass is 19.1. The predicted octanol–water partition coefficient (Wildman–Crippen LogP) is 3.54. The van der Waals surface area contributed by atoms with Crippen LogP contribution in [0.5, 0.6) is 0 Å². The van der Waals surface area contributed by atoms with Crippen LogP contribution < -0.4 is 0 Å². The molecule has 0 aliphatic carbocycles. The minimum atomic E-state index is -0.311. The van der Waals surface area contributed by atoms with E-state index in [0.717, 1.165) is 18.7 Å². The standard InChI is InChI=1S/C24H26F2N4O2/c1-28-10-12-30(13-11-28)24(31)22-17-32-23(27-22)16-29(14-18-6-8-20(25)9-7-18)15-19-4-2-3-5-21(19)26/h2-9,17H,10-16H2,1H3. The maximum atomic E-state index is 14.3. The molecular formula is C24H26F2N4O2. The molecule has 3 aromatic rings. The van der Waals surface area contributed by atoms with Crippen molar-refractivity contribution in [2.75, 3.05) is 33.2 Å². The second-order valence-electron chi connectivity index (χ2n) is 8.08. The molecule has 1 aliphatic rings. The summed E-state index contributed by atoms with van der Waals surface area (Å²) in [7, 11) is 2.03. The Morgan fingerprint density at radius 2 is 1.72 bits per heavy atom. The predicted molar refractivity (Wildman–Crippen MR) is 116 cm³/mol. The van der Waals surface area contributed by atoms with Gasteiger partial charge in [0, 0.05) is 44.8 Å². The second-order valence-corrected chi connectivity index (χ2v) is 8.08. The van der Waals surface area contributed by atoms with Gasteiger partial charge in [-0.2, -0.15) is 0 Å². The Morgan fingerprint density at radius 1 is 1.00 bits per heavy atom. The van der Waals surface area contributed by atoms with Crippen LogP contribution in [0, 0.1) is 11.6 Å². The van der Waals surface area contributed by atoms with Gasteiger partial charge >= 0.3 is 0 Å². The molecule has 0 radical (unpaired) electrons. The lowest BCUT2D eigenvalue weighted by Crippen LogP contribution is -2.47. The molecule has 0 spiro atoms. The Morgan fingerprint density at radius 3 is 2.44 bits per heavy atom. The van der Waals surface area contributed by atoms with Crippen molar-refractivity contribution in [1.82, 2.24) is 19.7 Å². The van der Waals surface area contributed by atoms with Gasteiger partial charge in [0.2, 0.25) is 5.89 Å². The van der Waals surface area contributed by atoms with Crippen molar-refractivity contribution >= 4 is 5.91 Å². The van der Waals surface area contributed by atoms with Gasteiger partial charge in [-0.3, -0.25) is 9.69 Å². The van der Waals surface area contributed by atoms with Gasteiger partial charge in [-0.25, -0.2) is 13.8 Å². The lowest BCUT2D eigenvalue weighted by atomic mass is 10.1. The Labute approximate surface area is 186 Å². The number of hydrogen-bond donors (Lipinski definition) is 0. The van der Waals surface area contributed by atoms with E-state index in [9.17, 15) is 13.6 Å². The monoisotopic (exact) mass is 440 g/mol. The van der Waals surface area contributed by atoms with E-state index in [0.29, 0.717) is 37.6 Å². The molecule has 0 saturated carbocycles. The third-order valence-electron chi connectivity index (χ3n) is 5.59. The van der Waals surface area contributed by atoms with Crippen molar-refractivity contribution in [2.45, 2.75) is 19.6 Å². The van der Waals surface area contributed by atoms with Crippen molar-refractivity contribution in [3.63, 3.8) is 0 Å². The first kappa shape index (κ1) is 22.1. The van der Waals surface area contributed by atoms with Gasteiger partial charge in [-0.1, -0.05) is 30.3 Å². The number of nitrogens with zero attached hydrogens (tertiary/aromatic N) is 4. The van der Waals surface area contributed by atoms with Crippen LogP contribution in [0.4, 0.5) is 8.78 Å². The number of rotatable bonds is 7. The van der Waals surface area contributed by atoms with E-state index in [2.05, 4.69) is 9.88 Å². The van der Waals surface area contributed by atoms with E-state index < -0.39 is 0 Å². The average Bonchev–Trinajstić information content (AvgIpc) is 3.25. The number of amides is 1. The van der Waals surface area contributed by atoms with Gasteiger partial charge in [0.15, 0.2) is 5.69 Å². The van der Waals surface area contributed by atoms with Gasteiger partial charge in [0.1, 0.15) is 17.9 Å². The normalized spacial score (nSPS) is 14.8. The van der Waals surface area contributed by atoms with Gasteiger partial charge in [-0.05, 0) is 30.8 Å². The van der Waals surface area contributed by atoms with Crippen LogP contribution in [-0.2, 0) is 19.6 Å². The maximum Gasteiger partial charge on any atom is 0.275 e. The number of carbonyl (C=O) groups excluding carboxylic acids is 1. The first-order chi connectivity index (χ1) is 15.5. The van der Waals surface area contributed by atoms with Gasteiger partial charge < -0.3 is 14.2 Å². The van der Waals surface area contributed by atoms with Gasteiger partial charge in [-0.15, -0.1) is 0 Å². The second kappa shape index (κ2) is 10.0. The SMILES string of the molecule is CN1CCN(C(=O)c2coc(CN(Cc3ccc(F)cc3)Cc3ccccc3F)n2)CC1. The first-order valence-corrected chi connectivity index (χ1v) is 10.6. The summed E-state index contributed by atoms with van der Waals surface area (Å²) in [6, 6.07) is 12.8. The van der Waals surface area contributed by atoms with Crippen molar-refractivity contribution < 1.29 is 18.0 Å². The number of hydrogen-bond acceptors (Lipinski definition) is 5.